The molecule has 1 amide bonds. The lowest BCUT2D eigenvalue weighted by Crippen LogP contribution is -2.15. The highest BCUT2D eigenvalue weighted by molar-refractivity contribution is 7.99. The molecular formula is C17H18ClN5O2S. The van der Waals surface area contributed by atoms with Gasteiger partial charge in [-0.2, -0.15) is 0 Å². The van der Waals surface area contributed by atoms with Crippen LogP contribution in [0.15, 0.2) is 34.2 Å². The minimum absolute atomic E-state index is 0.110. The number of fused-ring (bicyclic) bond motifs is 1. The lowest BCUT2D eigenvalue weighted by Gasteiger charge is -2.10. The van der Waals surface area contributed by atoms with Crippen molar-refractivity contribution in [2.45, 2.75) is 31.8 Å². The molecule has 1 aromatic carbocycles. The van der Waals surface area contributed by atoms with E-state index in [-0.39, 0.29) is 23.1 Å². The lowest BCUT2D eigenvalue weighted by atomic mass is 10.1. The molecule has 0 radical (unpaired) electrons. The van der Waals surface area contributed by atoms with Crippen LogP contribution in [0.3, 0.4) is 0 Å². The van der Waals surface area contributed by atoms with Crippen molar-refractivity contribution in [3.8, 4) is 0 Å². The second kappa shape index (κ2) is 7.51. The second-order valence-corrected chi connectivity index (χ2v) is 7.51. The molecule has 0 saturated carbocycles. The number of carbonyl (C=O) groups excluding carboxylic acids is 1. The Morgan fingerprint density at radius 2 is 2.12 bits per heavy atom. The predicted octanol–water partition coefficient (Wildman–Crippen LogP) is 3.23. The standard InChI is InChI=1S/C17H18ClN5O2S/c1-9(2)13-7-14(24)20-16-21-22-17(23(13)16)26-8-15(25)19-11-5-4-10(3)12(18)6-11/h4-7,9H,8H2,1-3H3,(H,19,25)(H,20,21,24). The Kier molecular flexibility index (Phi) is 5.33. The Morgan fingerprint density at radius 1 is 1.35 bits per heavy atom. The van der Waals surface area contributed by atoms with Crippen LogP contribution in [0.25, 0.3) is 5.78 Å². The van der Waals surface area contributed by atoms with Gasteiger partial charge in [0.05, 0.1) is 5.75 Å². The zero-order chi connectivity index (χ0) is 18.8. The molecule has 26 heavy (non-hydrogen) atoms. The molecule has 9 heteroatoms. The molecule has 0 aliphatic rings. The predicted molar refractivity (Wildman–Crippen MR) is 103 cm³/mol. The molecule has 0 aliphatic heterocycles. The highest BCUT2D eigenvalue weighted by atomic mass is 35.5. The number of rotatable bonds is 5. The zero-order valence-electron chi connectivity index (χ0n) is 14.5. The summed E-state index contributed by atoms with van der Waals surface area (Å²) in [4.78, 5) is 26.6. The Balaban J connectivity index is 1.76. The molecule has 136 valence electrons. The van der Waals surface area contributed by atoms with Gasteiger partial charge in [0.2, 0.25) is 11.7 Å². The second-order valence-electron chi connectivity index (χ2n) is 6.16. The van der Waals surface area contributed by atoms with E-state index in [0.29, 0.717) is 21.6 Å². The molecule has 2 N–H and O–H groups in total. The minimum Gasteiger partial charge on any atom is -0.325 e. The third-order valence-electron chi connectivity index (χ3n) is 3.79. The van der Waals surface area contributed by atoms with E-state index < -0.39 is 0 Å². The maximum atomic E-state index is 12.2. The number of carbonyl (C=O) groups is 1. The van der Waals surface area contributed by atoms with Crippen molar-refractivity contribution in [2.24, 2.45) is 0 Å². The van der Waals surface area contributed by atoms with E-state index in [2.05, 4.69) is 20.5 Å². The Bertz CT molecular complexity index is 1030. The molecule has 0 atom stereocenters. The van der Waals surface area contributed by atoms with Crippen LogP contribution in [0.5, 0.6) is 0 Å². The largest absolute Gasteiger partial charge is 0.325 e. The number of nitrogens with one attached hydrogen (secondary N) is 2. The molecule has 0 bridgehead atoms. The summed E-state index contributed by atoms with van der Waals surface area (Å²) < 4.78 is 1.77. The number of amides is 1. The van der Waals surface area contributed by atoms with E-state index in [1.54, 1.807) is 16.5 Å². The van der Waals surface area contributed by atoms with Gasteiger partial charge in [0.25, 0.3) is 5.56 Å². The maximum absolute atomic E-state index is 12.2. The number of aromatic amines is 1. The molecule has 0 saturated heterocycles. The SMILES string of the molecule is Cc1ccc(NC(=O)CSc2nnc3[nH]c(=O)cc(C(C)C)n23)cc1Cl. The Hall–Kier alpha value is -2.32. The Labute approximate surface area is 159 Å². The first-order chi connectivity index (χ1) is 12.3. The van der Waals surface area contributed by atoms with Gasteiger partial charge >= 0.3 is 0 Å². The molecule has 0 aliphatic carbocycles. The number of halogens is 1. The van der Waals surface area contributed by atoms with Crippen LogP contribution in [0.4, 0.5) is 5.69 Å². The van der Waals surface area contributed by atoms with Crippen LogP contribution < -0.4 is 10.9 Å². The number of aromatic nitrogens is 4. The summed E-state index contributed by atoms with van der Waals surface area (Å²) in [6, 6.07) is 6.90. The van der Waals surface area contributed by atoms with E-state index in [4.69, 9.17) is 11.6 Å². The quantitative estimate of drug-likeness (QED) is 0.651. The van der Waals surface area contributed by atoms with Gasteiger partial charge in [-0.25, -0.2) is 0 Å². The third-order valence-corrected chi connectivity index (χ3v) is 5.12. The average Bonchev–Trinajstić information content (AvgIpc) is 2.98. The molecule has 0 unspecified atom stereocenters. The van der Waals surface area contributed by atoms with Crippen LogP contribution in [0.1, 0.15) is 31.0 Å². The summed E-state index contributed by atoms with van der Waals surface area (Å²) in [7, 11) is 0. The zero-order valence-corrected chi connectivity index (χ0v) is 16.1. The summed E-state index contributed by atoms with van der Waals surface area (Å²) in [5.74, 6) is 0.457. The fourth-order valence-electron chi connectivity index (χ4n) is 2.45. The normalized spacial score (nSPS) is 11.3. The molecular weight excluding hydrogens is 374 g/mol. The van der Waals surface area contributed by atoms with Gasteiger partial charge in [0.1, 0.15) is 0 Å². The van der Waals surface area contributed by atoms with Crippen molar-refractivity contribution in [3.05, 3.63) is 50.9 Å². The number of H-pyrrole nitrogens is 1. The summed E-state index contributed by atoms with van der Waals surface area (Å²) >= 11 is 7.32. The van der Waals surface area contributed by atoms with Crippen molar-refractivity contribution in [1.29, 1.82) is 0 Å². The molecule has 7 nitrogen and oxygen atoms in total. The molecule has 3 rings (SSSR count). The summed E-state index contributed by atoms with van der Waals surface area (Å²) in [6.45, 7) is 5.86. The Morgan fingerprint density at radius 3 is 2.81 bits per heavy atom. The fourth-order valence-corrected chi connectivity index (χ4v) is 3.38. The van der Waals surface area contributed by atoms with E-state index in [1.165, 1.54) is 17.8 Å². The fraction of sp³-hybridized carbons (Fsp3) is 0.294. The van der Waals surface area contributed by atoms with E-state index in [0.717, 1.165) is 11.3 Å². The topological polar surface area (TPSA) is 92.2 Å². The number of nitrogens with zero attached hydrogens (tertiary/aromatic N) is 3. The smallest absolute Gasteiger partial charge is 0.252 e. The summed E-state index contributed by atoms with van der Waals surface area (Å²) in [5, 5.41) is 12.0. The number of aryl methyl sites for hydroxylation is 1. The van der Waals surface area contributed by atoms with E-state index >= 15 is 0 Å². The van der Waals surface area contributed by atoms with E-state index in [9.17, 15) is 9.59 Å². The van der Waals surface area contributed by atoms with Crippen molar-refractivity contribution in [1.82, 2.24) is 19.6 Å². The van der Waals surface area contributed by atoms with Crippen LogP contribution in [0.2, 0.25) is 5.02 Å². The summed E-state index contributed by atoms with van der Waals surface area (Å²) in [6.07, 6.45) is 0. The third kappa shape index (κ3) is 3.91. The van der Waals surface area contributed by atoms with Crippen molar-refractivity contribution in [2.75, 3.05) is 11.1 Å². The maximum Gasteiger partial charge on any atom is 0.252 e. The first-order valence-electron chi connectivity index (χ1n) is 8.02. The molecule has 2 heterocycles. The highest BCUT2D eigenvalue weighted by Gasteiger charge is 2.15. The van der Waals surface area contributed by atoms with Gasteiger partial charge in [-0.1, -0.05) is 43.3 Å². The summed E-state index contributed by atoms with van der Waals surface area (Å²) in [5.41, 5.74) is 2.16. The van der Waals surface area contributed by atoms with Crippen molar-refractivity contribution >= 4 is 40.7 Å². The minimum atomic E-state index is -0.223. The molecule has 2 aromatic heterocycles. The first kappa shape index (κ1) is 18.5. The number of hydrogen-bond donors (Lipinski definition) is 2. The number of thioether (sulfide) groups is 1. The van der Waals surface area contributed by atoms with Gasteiger partial charge in [-0.3, -0.25) is 19.0 Å². The number of anilines is 1. The van der Waals surface area contributed by atoms with Gasteiger partial charge < -0.3 is 5.32 Å². The van der Waals surface area contributed by atoms with Gasteiger partial charge in [-0.15, -0.1) is 10.2 Å². The van der Waals surface area contributed by atoms with E-state index in [1.807, 2.05) is 26.8 Å². The van der Waals surface area contributed by atoms with Crippen LogP contribution in [0, 0.1) is 6.92 Å². The first-order valence-corrected chi connectivity index (χ1v) is 9.38. The van der Waals surface area contributed by atoms with Gasteiger partial charge in [-0.05, 0) is 30.5 Å². The molecule has 0 fully saturated rings. The van der Waals surface area contributed by atoms with Gasteiger partial charge in [0.15, 0.2) is 5.16 Å². The lowest BCUT2D eigenvalue weighted by molar-refractivity contribution is -0.113. The molecule has 0 spiro atoms. The monoisotopic (exact) mass is 391 g/mol. The van der Waals surface area contributed by atoms with Crippen LogP contribution in [-0.2, 0) is 4.79 Å². The van der Waals surface area contributed by atoms with Gasteiger partial charge in [0, 0.05) is 22.5 Å². The van der Waals surface area contributed by atoms with Crippen LogP contribution in [-0.4, -0.2) is 31.2 Å². The molecule has 3 aromatic rings. The highest BCUT2D eigenvalue weighted by Crippen LogP contribution is 2.23. The number of hydrogen-bond acceptors (Lipinski definition) is 5. The number of benzene rings is 1. The van der Waals surface area contributed by atoms with Crippen LogP contribution >= 0.6 is 23.4 Å². The van der Waals surface area contributed by atoms with Crippen molar-refractivity contribution < 1.29 is 4.79 Å². The average molecular weight is 392 g/mol. The van der Waals surface area contributed by atoms with Crippen molar-refractivity contribution in [3.63, 3.8) is 0 Å².